The van der Waals surface area contributed by atoms with Crippen molar-refractivity contribution in [1.82, 2.24) is 5.32 Å². The minimum atomic E-state index is 0.122. The molecule has 4 heteroatoms. The Balaban J connectivity index is 1.52. The molecule has 4 nitrogen and oxygen atoms in total. The van der Waals surface area contributed by atoms with Gasteiger partial charge in [0.2, 0.25) is 0 Å². The molecule has 0 spiro atoms. The largest absolute Gasteiger partial charge is 0.486 e. The van der Waals surface area contributed by atoms with E-state index in [1.54, 1.807) is 0 Å². The fourth-order valence-electron chi connectivity index (χ4n) is 3.54. The van der Waals surface area contributed by atoms with Crippen molar-refractivity contribution < 1.29 is 14.2 Å². The van der Waals surface area contributed by atoms with Crippen LogP contribution in [0.25, 0.3) is 0 Å². The highest BCUT2D eigenvalue weighted by atomic mass is 16.6. The molecule has 1 aromatic carbocycles. The van der Waals surface area contributed by atoms with E-state index in [-0.39, 0.29) is 6.10 Å². The Bertz CT molecular complexity index is 477. The Morgan fingerprint density at radius 3 is 2.90 bits per heavy atom. The van der Waals surface area contributed by atoms with E-state index in [2.05, 4.69) is 17.4 Å². The fraction of sp³-hybridized carbons (Fsp3) is 0.625. The lowest BCUT2D eigenvalue weighted by Crippen LogP contribution is -2.32. The SMILES string of the molecule is c1cc2c(cc1C1CNC3CCCC3CO1)OCCO2. The Kier molecular flexibility index (Phi) is 3.28. The molecule has 108 valence electrons. The number of fused-ring (bicyclic) bond motifs is 2. The second-order valence-corrected chi connectivity index (χ2v) is 5.93. The van der Waals surface area contributed by atoms with Crippen molar-refractivity contribution in [1.29, 1.82) is 0 Å². The van der Waals surface area contributed by atoms with Gasteiger partial charge in [0.25, 0.3) is 0 Å². The maximum absolute atomic E-state index is 6.14. The molecule has 1 aromatic rings. The lowest BCUT2D eigenvalue weighted by Gasteiger charge is -2.21. The van der Waals surface area contributed by atoms with Gasteiger partial charge in [-0.1, -0.05) is 12.5 Å². The molecule has 1 saturated carbocycles. The van der Waals surface area contributed by atoms with Crippen LogP contribution in [0.4, 0.5) is 0 Å². The predicted molar refractivity (Wildman–Crippen MR) is 75.3 cm³/mol. The molecule has 3 aliphatic rings. The third-order valence-corrected chi connectivity index (χ3v) is 4.67. The average molecular weight is 275 g/mol. The first kappa shape index (κ1) is 12.5. The molecule has 4 rings (SSSR count). The zero-order valence-corrected chi connectivity index (χ0v) is 11.6. The number of rotatable bonds is 1. The Hall–Kier alpha value is -1.26. The molecule has 1 N–H and O–H groups in total. The minimum absolute atomic E-state index is 0.122. The van der Waals surface area contributed by atoms with E-state index in [0.29, 0.717) is 25.2 Å². The topological polar surface area (TPSA) is 39.7 Å². The third-order valence-electron chi connectivity index (χ3n) is 4.67. The van der Waals surface area contributed by atoms with Gasteiger partial charge in [0.05, 0.1) is 12.7 Å². The van der Waals surface area contributed by atoms with Gasteiger partial charge in [-0.2, -0.15) is 0 Å². The van der Waals surface area contributed by atoms with Crippen LogP contribution >= 0.6 is 0 Å². The lowest BCUT2D eigenvalue weighted by atomic mass is 10.1. The molecular weight excluding hydrogens is 254 g/mol. The van der Waals surface area contributed by atoms with Crippen molar-refractivity contribution in [2.75, 3.05) is 26.4 Å². The van der Waals surface area contributed by atoms with Crippen molar-refractivity contribution in [3.05, 3.63) is 23.8 Å². The van der Waals surface area contributed by atoms with Crippen LogP contribution < -0.4 is 14.8 Å². The van der Waals surface area contributed by atoms with Gasteiger partial charge in [-0.05, 0) is 36.5 Å². The summed E-state index contributed by atoms with van der Waals surface area (Å²) < 4.78 is 17.4. The van der Waals surface area contributed by atoms with E-state index < -0.39 is 0 Å². The zero-order chi connectivity index (χ0) is 13.4. The highest BCUT2D eigenvalue weighted by molar-refractivity contribution is 5.44. The summed E-state index contributed by atoms with van der Waals surface area (Å²) in [4.78, 5) is 0. The van der Waals surface area contributed by atoms with Gasteiger partial charge in [-0.3, -0.25) is 0 Å². The molecule has 0 aromatic heterocycles. The number of hydrogen-bond donors (Lipinski definition) is 1. The zero-order valence-electron chi connectivity index (χ0n) is 11.6. The fourth-order valence-corrected chi connectivity index (χ4v) is 3.54. The molecule has 1 saturated heterocycles. The van der Waals surface area contributed by atoms with Gasteiger partial charge in [0.1, 0.15) is 13.2 Å². The van der Waals surface area contributed by atoms with E-state index in [0.717, 1.165) is 24.7 Å². The van der Waals surface area contributed by atoms with Crippen LogP contribution in [0, 0.1) is 5.92 Å². The summed E-state index contributed by atoms with van der Waals surface area (Å²) in [6, 6.07) is 6.82. The Labute approximate surface area is 119 Å². The van der Waals surface area contributed by atoms with Crippen LogP contribution in [0.3, 0.4) is 0 Å². The van der Waals surface area contributed by atoms with Crippen molar-refractivity contribution in [2.24, 2.45) is 5.92 Å². The van der Waals surface area contributed by atoms with Gasteiger partial charge in [-0.25, -0.2) is 0 Å². The summed E-state index contributed by atoms with van der Waals surface area (Å²) >= 11 is 0. The van der Waals surface area contributed by atoms with Crippen molar-refractivity contribution in [3.8, 4) is 11.5 Å². The van der Waals surface area contributed by atoms with Crippen LogP contribution in [-0.2, 0) is 4.74 Å². The molecule has 2 fully saturated rings. The molecule has 3 unspecified atom stereocenters. The number of nitrogens with one attached hydrogen (secondary N) is 1. The van der Waals surface area contributed by atoms with Crippen LogP contribution in [0.5, 0.6) is 11.5 Å². The van der Waals surface area contributed by atoms with E-state index >= 15 is 0 Å². The second kappa shape index (κ2) is 5.26. The first-order valence-corrected chi connectivity index (χ1v) is 7.65. The van der Waals surface area contributed by atoms with Crippen molar-refractivity contribution in [2.45, 2.75) is 31.4 Å². The summed E-state index contributed by atoms with van der Waals surface area (Å²) in [5.74, 6) is 2.39. The van der Waals surface area contributed by atoms with E-state index in [1.165, 1.54) is 24.8 Å². The van der Waals surface area contributed by atoms with Crippen LogP contribution in [0.2, 0.25) is 0 Å². The molecule has 0 amide bonds. The molecule has 0 radical (unpaired) electrons. The van der Waals surface area contributed by atoms with Crippen LogP contribution in [0.1, 0.15) is 30.9 Å². The normalized spacial score (nSPS) is 32.5. The summed E-state index contributed by atoms with van der Waals surface area (Å²) in [5.41, 5.74) is 1.18. The molecular formula is C16H21NO3. The molecule has 0 bridgehead atoms. The third kappa shape index (κ3) is 2.27. The monoisotopic (exact) mass is 275 g/mol. The summed E-state index contributed by atoms with van der Waals surface area (Å²) in [5, 5.41) is 3.68. The van der Waals surface area contributed by atoms with E-state index in [4.69, 9.17) is 14.2 Å². The van der Waals surface area contributed by atoms with E-state index in [1.807, 2.05) is 6.07 Å². The van der Waals surface area contributed by atoms with Gasteiger partial charge in [-0.15, -0.1) is 0 Å². The van der Waals surface area contributed by atoms with Gasteiger partial charge >= 0.3 is 0 Å². The van der Waals surface area contributed by atoms with Gasteiger partial charge < -0.3 is 19.5 Å². The minimum Gasteiger partial charge on any atom is -0.486 e. The molecule has 2 aliphatic heterocycles. The maximum Gasteiger partial charge on any atom is 0.161 e. The summed E-state index contributed by atoms with van der Waals surface area (Å²) in [6.07, 6.45) is 4.05. The van der Waals surface area contributed by atoms with Crippen LogP contribution in [0.15, 0.2) is 18.2 Å². The molecule has 20 heavy (non-hydrogen) atoms. The first-order valence-electron chi connectivity index (χ1n) is 7.65. The average Bonchev–Trinajstić information content (AvgIpc) is 2.85. The maximum atomic E-state index is 6.14. The molecule has 2 heterocycles. The Morgan fingerprint density at radius 1 is 1.05 bits per heavy atom. The standard InChI is InChI=1S/C16H21NO3/c1-2-12-10-20-16(9-17-13(12)3-1)11-4-5-14-15(8-11)19-7-6-18-14/h4-5,8,12-13,16-17H,1-3,6-7,9-10H2. The summed E-state index contributed by atoms with van der Waals surface area (Å²) in [6.45, 7) is 3.03. The van der Waals surface area contributed by atoms with Crippen molar-refractivity contribution >= 4 is 0 Å². The first-order chi connectivity index (χ1) is 9.90. The van der Waals surface area contributed by atoms with Gasteiger partial charge in [0, 0.05) is 12.6 Å². The highest BCUT2D eigenvalue weighted by Crippen LogP contribution is 2.35. The molecule has 3 atom stereocenters. The number of benzene rings is 1. The molecule has 1 aliphatic carbocycles. The smallest absolute Gasteiger partial charge is 0.161 e. The predicted octanol–water partition coefficient (Wildman–Crippen LogP) is 2.29. The lowest BCUT2D eigenvalue weighted by molar-refractivity contribution is 0.0470. The van der Waals surface area contributed by atoms with Gasteiger partial charge in [0.15, 0.2) is 11.5 Å². The van der Waals surface area contributed by atoms with E-state index in [9.17, 15) is 0 Å². The quantitative estimate of drug-likeness (QED) is 0.853. The highest BCUT2D eigenvalue weighted by Gasteiger charge is 2.32. The van der Waals surface area contributed by atoms with Crippen molar-refractivity contribution in [3.63, 3.8) is 0 Å². The second-order valence-electron chi connectivity index (χ2n) is 5.93. The van der Waals surface area contributed by atoms with Crippen LogP contribution in [-0.4, -0.2) is 32.4 Å². The summed E-state index contributed by atoms with van der Waals surface area (Å²) in [7, 11) is 0. The Morgan fingerprint density at radius 2 is 1.95 bits per heavy atom. The number of hydrogen-bond acceptors (Lipinski definition) is 4. The number of ether oxygens (including phenoxy) is 3.